The van der Waals surface area contributed by atoms with E-state index in [1.54, 1.807) is 19.6 Å². The van der Waals surface area contributed by atoms with Crippen LogP contribution in [0.1, 0.15) is 26.5 Å². The van der Waals surface area contributed by atoms with Crippen molar-refractivity contribution in [3.63, 3.8) is 0 Å². The Morgan fingerprint density at radius 2 is 2.10 bits per heavy atom. The Morgan fingerprint density at radius 1 is 1.33 bits per heavy atom. The molecule has 7 heteroatoms. The smallest absolute Gasteiger partial charge is 0.407 e. The van der Waals surface area contributed by atoms with Gasteiger partial charge in [-0.2, -0.15) is 0 Å². The molecule has 0 aliphatic heterocycles. The molecule has 1 aromatic rings. The lowest BCUT2D eigenvalue weighted by atomic mass is 10.2. The van der Waals surface area contributed by atoms with E-state index in [9.17, 15) is 4.79 Å². The van der Waals surface area contributed by atoms with Crippen LogP contribution in [0, 0.1) is 0 Å². The van der Waals surface area contributed by atoms with E-state index in [1.807, 2.05) is 25.3 Å². The SMILES string of the molecule is COCCOCCn1cncc1CNC(=O)OC(C)(C)C. The van der Waals surface area contributed by atoms with Crippen LogP contribution < -0.4 is 5.32 Å². The van der Waals surface area contributed by atoms with Crippen molar-refractivity contribution in [1.29, 1.82) is 0 Å². The maximum Gasteiger partial charge on any atom is 0.407 e. The first-order valence-electron chi connectivity index (χ1n) is 6.95. The summed E-state index contributed by atoms with van der Waals surface area (Å²) in [6.45, 7) is 8.24. The summed E-state index contributed by atoms with van der Waals surface area (Å²) < 4.78 is 17.4. The number of imidazole rings is 1. The zero-order valence-corrected chi connectivity index (χ0v) is 13.2. The average Bonchev–Trinajstić information content (AvgIpc) is 2.81. The number of hydrogen-bond donors (Lipinski definition) is 1. The van der Waals surface area contributed by atoms with Gasteiger partial charge in [-0.3, -0.25) is 0 Å². The molecule has 0 saturated carbocycles. The highest BCUT2D eigenvalue weighted by Gasteiger charge is 2.16. The largest absolute Gasteiger partial charge is 0.444 e. The fraction of sp³-hybridized carbons (Fsp3) is 0.714. The first kappa shape index (κ1) is 17.5. The lowest BCUT2D eigenvalue weighted by molar-refractivity contribution is 0.0521. The van der Waals surface area contributed by atoms with Crippen LogP contribution in [0.4, 0.5) is 4.79 Å². The summed E-state index contributed by atoms with van der Waals surface area (Å²) in [5, 5.41) is 2.71. The van der Waals surface area contributed by atoms with E-state index in [2.05, 4.69) is 10.3 Å². The van der Waals surface area contributed by atoms with Gasteiger partial charge in [0, 0.05) is 19.9 Å². The van der Waals surface area contributed by atoms with E-state index in [0.29, 0.717) is 32.9 Å². The third-order valence-electron chi connectivity index (χ3n) is 2.52. The van der Waals surface area contributed by atoms with Crippen molar-refractivity contribution in [1.82, 2.24) is 14.9 Å². The molecule has 0 aliphatic rings. The summed E-state index contributed by atoms with van der Waals surface area (Å²) in [5.41, 5.74) is 0.399. The summed E-state index contributed by atoms with van der Waals surface area (Å²) in [4.78, 5) is 15.7. The van der Waals surface area contributed by atoms with Gasteiger partial charge in [0.25, 0.3) is 0 Å². The van der Waals surface area contributed by atoms with Crippen LogP contribution >= 0.6 is 0 Å². The van der Waals surface area contributed by atoms with Gasteiger partial charge < -0.3 is 24.1 Å². The number of rotatable bonds is 8. The molecule has 1 N–H and O–H groups in total. The normalized spacial score (nSPS) is 11.4. The van der Waals surface area contributed by atoms with Crippen LogP contribution in [0.2, 0.25) is 0 Å². The minimum Gasteiger partial charge on any atom is -0.444 e. The van der Waals surface area contributed by atoms with Gasteiger partial charge in [-0.15, -0.1) is 0 Å². The molecule has 0 unspecified atom stereocenters. The number of methoxy groups -OCH3 is 1. The van der Waals surface area contributed by atoms with Crippen LogP contribution in [-0.4, -0.2) is 48.2 Å². The molecule has 0 spiro atoms. The second kappa shape index (κ2) is 8.63. The van der Waals surface area contributed by atoms with Gasteiger partial charge >= 0.3 is 6.09 Å². The highest BCUT2D eigenvalue weighted by Crippen LogP contribution is 2.07. The number of nitrogens with zero attached hydrogens (tertiary/aromatic N) is 2. The third-order valence-corrected chi connectivity index (χ3v) is 2.52. The van der Waals surface area contributed by atoms with Gasteiger partial charge in [0.2, 0.25) is 0 Å². The number of carbonyl (C=O) groups excluding carboxylic acids is 1. The van der Waals surface area contributed by atoms with Crippen molar-refractivity contribution in [2.24, 2.45) is 0 Å². The molecule has 1 amide bonds. The number of hydrogen-bond acceptors (Lipinski definition) is 5. The van der Waals surface area contributed by atoms with E-state index < -0.39 is 11.7 Å². The van der Waals surface area contributed by atoms with Gasteiger partial charge in [0.15, 0.2) is 0 Å². The first-order valence-corrected chi connectivity index (χ1v) is 6.95. The van der Waals surface area contributed by atoms with E-state index in [4.69, 9.17) is 14.2 Å². The molecule has 1 aromatic heterocycles. The molecular formula is C14H25N3O4. The number of carbonyl (C=O) groups is 1. The zero-order valence-electron chi connectivity index (χ0n) is 13.2. The molecule has 0 atom stereocenters. The van der Waals surface area contributed by atoms with Crippen molar-refractivity contribution < 1.29 is 19.0 Å². The summed E-state index contributed by atoms with van der Waals surface area (Å²) >= 11 is 0. The predicted molar refractivity (Wildman–Crippen MR) is 78.0 cm³/mol. The lowest BCUT2D eigenvalue weighted by Crippen LogP contribution is -2.32. The van der Waals surface area contributed by atoms with Crippen LogP contribution in [0.5, 0.6) is 0 Å². The standard InChI is InChI=1S/C14H25N3O4/c1-14(2,3)21-13(18)16-10-12-9-15-11-17(12)5-6-20-8-7-19-4/h9,11H,5-8,10H2,1-4H3,(H,16,18). The van der Waals surface area contributed by atoms with E-state index >= 15 is 0 Å². The van der Waals surface area contributed by atoms with Crippen molar-refractivity contribution in [2.45, 2.75) is 39.5 Å². The highest BCUT2D eigenvalue weighted by atomic mass is 16.6. The molecule has 0 bridgehead atoms. The summed E-state index contributed by atoms with van der Waals surface area (Å²) in [6.07, 6.45) is 2.99. The number of ether oxygens (including phenoxy) is 3. The molecule has 120 valence electrons. The van der Waals surface area contributed by atoms with E-state index in [-0.39, 0.29) is 0 Å². The van der Waals surface area contributed by atoms with Crippen LogP contribution in [0.3, 0.4) is 0 Å². The van der Waals surface area contributed by atoms with Gasteiger partial charge in [-0.25, -0.2) is 9.78 Å². The summed E-state index contributed by atoms with van der Waals surface area (Å²) in [5.74, 6) is 0. The lowest BCUT2D eigenvalue weighted by Gasteiger charge is -2.19. The van der Waals surface area contributed by atoms with Crippen LogP contribution in [-0.2, 0) is 27.3 Å². The quantitative estimate of drug-likeness (QED) is 0.738. The molecule has 1 rings (SSSR count). The van der Waals surface area contributed by atoms with Crippen molar-refractivity contribution in [3.8, 4) is 0 Å². The van der Waals surface area contributed by atoms with Gasteiger partial charge in [0.1, 0.15) is 5.60 Å². The van der Waals surface area contributed by atoms with Crippen LogP contribution in [0.25, 0.3) is 0 Å². The zero-order chi connectivity index (χ0) is 15.7. The Balaban J connectivity index is 2.33. The number of aromatic nitrogens is 2. The Kier molecular flexibility index (Phi) is 7.18. The predicted octanol–water partition coefficient (Wildman–Crippen LogP) is 1.57. The first-order chi connectivity index (χ1) is 9.92. The Bertz CT molecular complexity index is 426. The van der Waals surface area contributed by atoms with Crippen molar-refractivity contribution >= 4 is 6.09 Å². The molecular weight excluding hydrogens is 274 g/mol. The maximum absolute atomic E-state index is 11.6. The van der Waals surface area contributed by atoms with Gasteiger partial charge in [-0.05, 0) is 20.8 Å². The molecule has 7 nitrogen and oxygen atoms in total. The van der Waals surface area contributed by atoms with Crippen molar-refractivity contribution in [3.05, 3.63) is 18.2 Å². The highest BCUT2D eigenvalue weighted by molar-refractivity contribution is 5.67. The number of alkyl carbamates (subject to hydrolysis) is 1. The minimum atomic E-state index is -0.500. The monoisotopic (exact) mass is 299 g/mol. The summed E-state index contributed by atoms with van der Waals surface area (Å²) in [7, 11) is 1.64. The molecule has 0 saturated heterocycles. The fourth-order valence-corrected chi connectivity index (χ4v) is 1.58. The topological polar surface area (TPSA) is 74.6 Å². The minimum absolute atomic E-state index is 0.368. The number of amides is 1. The third kappa shape index (κ3) is 7.67. The average molecular weight is 299 g/mol. The molecule has 1 heterocycles. The fourth-order valence-electron chi connectivity index (χ4n) is 1.58. The summed E-state index contributed by atoms with van der Waals surface area (Å²) in [6, 6.07) is 0. The molecule has 0 fully saturated rings. The van der Waals surface area contributed by atoms with Crippen LogP contribution in [0.15, 0.2) is 12.5 Å². The second-order valence-electron chi connectivity index (χ2n) is 5.54. The Labute approximate surface area is 125 Å². The Morgan fingerprint density at radius 3 is 2.76 bits per heavy atom. The Hall–Kier alpha value is -1.60. The molecule has 0 aromatic carbocycles. The van der Waals surface area contributed by atoms with Crippen molar-refractivity contribution in [2.75, 3.05) is 26.9 Å². The van der Waals surface area contributed by atoms with Gasteiger partial charge in [0.05, 0.1) is 38.4 Å². The number of nitrogens with one attached hydrogen (secondary N) is 1. The molecule has 0 aliphatic carbocycles. The van der Waals surface area contributed by atoms with E-state index in [1.165, 1.54) is 0 Å². The van der Waals surface area contributed by atoms with E-state index in [0.717, 1.165) is 5.69 Å². The molecule has 0 radical (unpaired) electrons. The molecule has 21 heavy (non-hydrogen) atoms. The maximum atomic E-state index is 11.6. The van der Waals surface area contributed by atoms with Gasteiger partial charge in [-0.1, -0.05) is 0 Å². The second-order valence-corrected chi connectivity index (χ2v) is 5.54.